The summed E-state index contributed by atoms with van der Waals surface area (Å²) in [5, 5.41) is 8.21. The molecule has 2 bridgehead atoms. The van der Waals surface area contributed by atoms with E-state index in [1.54, 1.807) is 12.3 Å². The van der Waals surface area contributed by atoms with Crippen LogP contribution in [0.15, 0.2) is 43.0 Å². The zero-order valence-corrected chi connectivity index (χ0v) is 18.7. The maximum absolute atomic E-state index is 14.2. The monoisotopic (exact) mass is 490 g/mol. The van der Waals surface area contributed by atoms with Crippen molar-refractivity contribution >= 4 is 5.91 Å². The Morgan fingerprint density at radius 3 is 2.57 bits per heavy atom. The van der Waals surface area contributed by atoms with E-state index < -0.39 is 42.5 Å². The number of aromatic nitrogens is 5. The van der Waals surface area contributed by atoms with Gasteiger partial charge in [-0.1, -0.05) is 0 Å². The van der Waals surface area contributed by atoms with Crippen molar-refractivity contribution in [1.29, 1.82) is 0 Å². The second kappa shape index (κ2) is 8.90. The van der Waals surface area contributed by atoms with Crippen molar-refractivity contribution in [1.82, 2.24) is 29.9 Å². The summed E-state index contributed by atoms with van der Waals surface area (Å²) in [5.41, 5.74) is 0.380. The highest BCUT2D eigenvalue weighted by Gasteiger charge is 2.51. The second-order valence-electron chi connectivity index (χ2n) is 8.81. The number of pyridine rings is 2. The molecule has 5 heterocycles. The Morgan fingerprint density at radius 1 is 1.14 bits per heavy atom. The summed E-state index contributed by atoms with van der Waals surface area (Å²) in [6.07, 6.45) is 1.93. The van der Waals surface area contributed by atoms with Gasteiger partial charge in [0.1, 0.15) is 18.5 Å². The van der Waals surface area contributed by atoms with Gasteiger partial charge in [-0.2, -0.15) is 23.4 Å². The zero-order valence-electron chi connectivity index (χ0n) is 18.7. The van der Waals surface area contributed by atoms with Gasteiger partial charge in [-0.15, -0.1) is 4.80 Å². The fourth-order valence-corrected chi connectivity index (χ4v) is 5.02. The van der Waals surface area contributed by atoms with E-state index >= 15 is 0 Å². The fraction of sp³-hybridized carbons (Fsp3) is 0.435. The molecule has 6 rings (SSSR count). The van der Waals surface area contributed by atoms with E-state index in [0.717, 1.165) is 24.1 Å². The Labute approximate surface area is 197 Å². The number of rotatable bonds is 5. The third kappa shape index (κ3) is 4.32. The predicted octanol–water partition coefficient (Wildman–Crippen LogP) is 3.79. The van der Waals surface area contributed by atoms with Crippen LogP contribution in [0.3, 0.4) is 0 Å². The van der Waals surface area contributed by atoms with Crippen LogP contribution in [0.25, 0.3) is 5.69 Å². The molecule has 2 aliphatic heterocycles. The first-order valence-electron chi connectivity index (χ1n) is 11.2. The van der Waals surface area contributed by atoms with Crippen molar-refractivity contribution in [3.63, 3.8) is 0 Å². The molecule has 3 fully saturated rings. The number of ether oxygens (including phenoxy) is 1. The molecule has 0 radical (unpaired) electrons. The van der Waals surface area contributed by atoms with Crippen molar-refractivity contribution in [2.45, 2.75) is 50.6 Å². The first kappa shape index (κ1) is 23.2. The minimum absolute atomic E-state index is 0.0228. The Hall–Kier alpha value is -3.57. The first-order valence-corrected chi connectivity index (χ1v) is 11.2. The number of piperidine rings is 2. The number of halogens is 4. The molecule has 4 atom stereocenters. The Bertz CT molecular complexity index is 1200. The van der Waals surface area contributed by atoms with Crippen LogP contribution in [0.5, 0.6) is 5.88 Å². The molecule has 1 aliphatic carbocycles. The van der Waals surface area contributed by atoms with Crippen molar-refractivity contribution in [2.24, 2.45) is 5.92 Å². The van der Waals surface area contributed by atoms with Crippen molar-refractivity contribution in [2.75, 3.05) is 6.67 Å². The SMILES string of the molecule is Cc1cnc(C(=O)N2[C@H](CF)[C@@H]3CC[C@H]2[C@H](Oc2ccc(C(F)(F)F)cn2)C3)c(-n2nccn2)c1. The number of amides is 1. The normalized spacial score (nSPS) is 24.0. The van der Waals surface area contributed by atoms with Crippen LogP contribution in [-0.2, 0) is 6.18 Å². The molecule has 2 saturated heterocycles. The maximum Gasteiger partial charge on any atom is 0.417 e. The van der Waals surface area contributed by atoms with E-state index in [9.17, 15) is 22.4 Å². The summed E-state index contributed by atoms with van der Waals surface area (Å²) in [4.78, 5) is 24.7. The van der Waals surface area contributed by atoms with Gasteiger partial charge in [0, 0.05) is 18.5 Å². The molecule has 184 valence electrons. The topological polar surface area (TPSA) is 86.0 Å². The summed E-state index contributed by atoms with van der Waals surface area (Å²) in [5.74, 6) is -0.608. The molecule has 35 heavy (non-hydrogen) atoms. The van der Waals surface area contributed by atoms with Gasteiger partial charge in [0.2, 0.25) is 5.88 Å². The first-order chi connectivity index (χ1) is 16.8. The summed E-state index contributed by atoms with van der Waals surface area (Å²) in [6, 6.07) is 2.65. The third-order valence-electron chi connectivity index (χ3n) is 6.63. The van der Waals surface area contributed by atoms with Crippen LogP contribution in [0.4, 0.5) is 17.6 Å². The van der Waals surface area contributed by atoms with Crippen LogP contribution in [0.2, 0.25) is 0 Å². The van der Waals surface area contributed by atoms with Crippen LogP contribution in [-0.4, -0.2) is 60.6 Å². The van der Waals surface area contributed by atoms with Crippen LogP contribution < -0.4 is 4.74 Å². The molecule has 3 aromatic heterocycles. The summed E-state index contributed by atoms with van der Waals surface area (Å²) in [6.45, 7) is 1.10. The standard InChI is InChI=1S/C23H22F4N6O2/c1-13-8-17(33-30-6-7-31-33)21(29-11-13)22(34)32-16-4-2-14(18(32)10-24)9-19(16)35-20-5-3-15(12-28-20)23(25,26)27/h3,5-8,11-12,14,16,18-19H,2,4,9-10H2,1H3/t14-,16+,18-,19-/m1/s1. The highest BCUT2D eigenvalue weighted by atomic mass is 19.4. The van der Waals surface area contributed by atoms with Crippen molar-refractivity contribution in [3.8, 4) is 11.6 Å². The molecule has 12 heteroatoms. The van der Waals surface area contributed by atoms with E-state index in [1.165, 1.54) is 22.1 Å². The van der Waals surface area contributed by atoms with E-state index in [4.69, 9.17) is 4.74 Å². The Balaban J connectivity index is 1.45. The molecule has 3 aromatic rings. The van der Waals surface area contributed by atoms with E-state index in [2.05, 4.69) is 20.2 Å². The lowest BCUT2D eigenvalue weighted by atomic mass is 9.73. The highest BCUT2D eigenvalue weighted by molar-refractivity contribution is 5.96. The lowest BCUT2D eigenvalue weighted by molar-refractivity contribution is -0.137. The van der Waals surface area contributed by atoms with Gasteiger partial charge in [-0.05, 0) is 49.8 Å². The number of aryl methyl sites for hydroxylation is 1. The van der Waals surface area contributed by atoms with Gasteiger partial charge in [0.05, 0.1) is 30.0 Å². The highest BCUT2D eigenvalue weighted by Crippen LogP contribution is 2.42. The lowest BCUT2D eigenvalue weighted by Crippen LogP contribution is -2.65. The number of carbonyl (C=O) groups is 1. The van der Waals surface area contributed by atoms with Crippen LogP contribution in [0.1, 0.15) is 40.9 Å². The largest absolute Gasteiger partial charge is 0.472 e. The van der Waals surface area contributed by atoms with Crippen molar-refractivity contribution < 1.29 is 27.1 Å². The number of carbonyl (C=O) groups excluding carboxylic acids is 1. The predicted molar refractivity (Wildman–Crippen MR) is 115 cm³/mol. The lowest BCUT2D eigenvalue weighted by Gasteiger charge is -2.53. The van der Waals surface area contributed by atoms with Gasteiger partial charge < -0.3 is 9.64 Å². The average Bonchev–Trinajstić information content (AvgIpc) is 3.38. The van der Waals surface area contributed by atoms with E-state index in [1.807, 2.05) is 6.92 Å². The quantitative estimate of drug-likeness (QED) is 0.506. The van der Waals surface area contributed by atoms with Crippen LogP contribution >= 0.6 is 0 Å². The number of alkyl halides is 4. The number of hydrogen-bond donors (Lipinski definition) is 0. The molecule has 1 amide bonds. The van der Waals surface area contributed by atoms with Gasteiger partial charge in [0.15, 0.2) is 5.69 Å². The van der Waals surface area contributed by atoms with Gasteiger partial charge >= 0.3 is 6.18 Å². The molecule has 8 nitrogen and oxygen atoms in total. The summed E-state index contributed by atoms with van der Waals surface area (Å²) >= 11 is 0. The minimum Gasteiger partial charge on any atom is -0.472 e. The Morgan fingerprint density at radius 2 is 1.91 bits per heavy atom. The van der Waals surface area contributed by atoms with Gasteiger partial charge in [-0.3, -0.25) is 4.79 Å². The summed E-state index contributed by atoms with van der Waals surface area (Å²) in [7, 11) is 0. The fourth-order valence-electron chi connectivity index (χ4n) is 5.02. The van der Waals surface area contributed by atoms with Gasteiger partial charge in [-0.25, -0.2) is 14.4 Å². The molecule has 0 aromatic carbocycles. The summed E-state index contributed by atoms with van der Waals surface area (Å²) < 4.78 is 58.7. The molecule has 0 unspecified atom stereocenters. The molecular weight excluding hydrogens is 468 g/mol. The number of fused-ring (bicyclic) bond motifs is 3. The second-order valence-corrected chi connectivity index (χ2v) is 8.81. The molecule has 0 N–H and O–H groups in total. The molecular formula is C23H22F4N6O2. The van der Waals surface area contributed by atoms with Crippen LogP contribution in [0, 0.1) is 12.8 Å². The molecule has 1 saturated carbocycles. The molecule has 0 spiro atoms. The maximum atomic E-state index is 14.2. The number of nitrogens with zero attached hydrogens (tertiary/aromatic N) is 6. The zero-order chi connectivity index (χ0) is 24.7. The molecule has 3 aliphatic rings. The van der Waals surface area contributed by atoms with E-state index in [0.29, 0.717) is 24.7 Å². The van der Waals surface area contributed by atoms with Crippen molar-refractivity contribution in [3.05, 3.63) is 59.8 Å². The average molecular weight is 490 g/mol. The van der Waals surface area contributed by atoms with E-state index in [-0.39, 0.29) is 17.5 Å². The smallest absolute Gasteiger partial charge is 0.417 e. The minimum atomic E-state index is -4.50. The Kier molecular flexibility index (Phi) is 5.89. The third-order valence-corrected chi connectivity index (χ3v) is 6.63. The van der Waals surface area contributed by atoms with Gasteiger partial charge in [0.25, 0.3) is 5.91 Å². The number of hydrogen-bond acceptors (Lipinski definition) is 6.